The minimum atomic E-state index is -0.615. The zero-order chi connectivity index (χ0) is 16.1. The quantitative estimate of drug-likeness (QED) is 0.437. The van der Waals surface area contributed by atoms with Gasteiger partial charge < -0.3 is 9.47 Å². The van der Waals surface area contributed by atoms with Crippen LogP contribution < -0.4 is 4.74 Å². The zero-order valence-electron chi connectivity index (χ0n) is 12.2. The molecule has 1 heterocycles. The van der Waals surface area contributed by atoms with Crippen LogP contribution in [0.1, 0.15) is 52.1 Å². The fourth-order valence-corrected chi connectivity index (χ4v) is 3.84. The van der Waals surface area contributed by atoms with E-state index in [1.54, 1.807) is 0 Å². The second-order valence-electron chi connectivity index (χ2n) is 5.11. The van der Waals surface area contributed by atoms with Crippen molar-refractivity contribution in [3.8, 4) is 5.75 Å². The normalized spacial score (nSPS) is 15.4. The maximum absolute atomic E-state index is 12.3. The average molecular weight is 389 g/mol. The number of hydrogen-bond acceptors (Lipinski definition) is 6. The third kappa shape index (κ3) is 3.76. The third-order valence-corrected chi connectivity index (χ3v) is 5.18. The molecule has 0 N–H and O–H groups in total. The van der Waals surface area contributed by atoms with Crippen molar-refractivity contribution in [1.29, 1.82) is 0 Å². The Labute approximate surface area is 141 Å². The van der Waals surface area contributed by atoms with Gasteiger partial charge in [0.2, 0.25) is 0 Å². The highest BCUT2D eigenvalue weighted by molar-refractivity contribution is 9.09. The number of alkyl halides is 1. The molecule has 0 amide bonds. The Balaban J connectivity index is 2.26. The first-order valence-corrected chi connectivity index (χ1v) is 9.09. The number of methoxy groups -OCH3 is 1. The summed E-state index contributed by atoms with van der Waals surface area (Å²) >= 11 is 4.18. The summed E-state index contributed by atoms with van der Waals surface area (Å²) in [7, 11) is 1.25. The van der Waals surface area contributed by atoms with E-state index < -0.39 is 5.97 Å². The van der Waals surface area contributed by atoms with Crippen LogP contribution in [0.4, 0.5) is 0 Å². The van der Waals surface area contributed by atoms with Gasteiger partial charge >= 0.3 is 11.9 Å². The van der Waals surface area contributed by atoms with Crippen LogP contribution in [0.15, 0.2) is 5.38 Å². The molecule has 1 aliphatic carbocycles. The molecule has 0 atom stereocenters. The van der Waals surface area contributed by atoms with Crippen molar-refractivity contribution >= 4 is 45.0 Å². The van der Waals surface area contributed by atoms with Crippen LogP contribution in [-0.2, 0) is 9.53 Å². The third-order valence-electron chi connectivity index (χ3n) is 3.67. The Bertz CT molecular complexity index is 541. The van der Waals surface area contributed by atoms with Crippen molar-refractivity contribution in [3.05, 3.63) is 15.8 Å². The molecule has 5 nitrogen and oxygen atoms in total. The summed E-state index contributed by atoms with van der Waals surface area (Å²) < 4.78 is 10.1. The van der Waals surface area contributed by atoms with Gasteiger partial charge in [0.05, 0.1) is 18.4 Å². The number of rotatable bonds is 5. The number of esters is 2. The number of carbonyl (C=O) groups is 3. The van der Waals surface area contributed by atoms with E-state index in [0.717, 1.165) is 43.4 Å². The maximum atomic E-state index is 12.3. The van der Waals surface area contributed by atoms with Crippen molar-refractivity contribution in [2.45, 2.75) is 32.1 Å². The summed E-state index contributed by atoms with van der Waals surface area (Å²) in [5, 5.41) is 1.59. The number of hydrogen-bond donors (Lipinski definition) is 0. The molecule has 0 aliphatic heterocycles. The molecule has 1 saturated carbocycles. The number of Topliss-reactive ketones (excluding diaryl/α,β-unsaturated/α-hetero) is 1. The first-order chi connectivity index (χ1) is 10.6. The molecule has 22 heavy (non-hydrogen) atoms. The van der Waals surface area contributed by atoms with E-state index in [-0.39, 0.29) is 39.2 Å². The monoisotopic (exact) mass is 388 g/mol. The fourth-order valence-electron chi connectivity index (χ4n) is 2.47. The number of carbonyl (C=O) groups excluding carboxylic acids is 3. The topological polar surface area (TPSA) is 69.7 Å². The largest absolute Gasteiger partial charge is 0.465 e. The van der Waals surface area contributed by atoms with Gasteiger partial charge in [0.25, 0.3) is 0 Å². The van der Waals surface area contributed by atoms with Gasteiger partial charge in [0, 0.05) is 5.38 Å². The number of thiophene rings is 1. The minimum Gasteiger partial charge on any atom is -0.465 e. The van der Waals surface area contributed by atoms with Crippen molar-refractivity contribution in [2.75, 3.05) is 12.4 Å². The fraction of sp³-hybridized carbons (Fsp3) is 0.533. The lowest BCUT2D eigenvalue weighted by atomic mass is 9.89. The molecule has 1 aliphatic rings. The van der Waals surface area contributed by atoms with E-state index in [9.17, 15) is 14.4 Å². The lowest BCUT2D eigenvalue weighted by molar-refractivity contribution is -0.139. The van der Waals surface area contributed by atoms with E-state index >= 15 is 0 Å². The van der Waals surface area contributed by atoms with Gasteiger partial charge in [-0.15, -0.1) is 11.3 Å². The van der Waals surface area contributed by atoms with Gasteiger partial charge in [-0.25, -0.2) is 4.79 Å². The summed E-state index contributed by atoms with van der Waals surface area (Å²) in [5.74, 6) is -1.34. The molecule has 1 fully saturated rings. The molecule has 0 aromatic carbocycles. The second-order valence-corrected chi connectivity index (χ2v) is 6.55. The van der Waals surface area contributed by atoms with Crippen molar-refractivity contribution in [3.63, 3.8) is 0 Å². The summed E-state index contributed by atoms with van der Waals surface area (Å²) in [4.78, 5) is 36.3. The summed E-state index contributed by atoms with van der Waals surface area (Å²) in [6.07, 6.45) is 4.71. The van der Waals surface area contributed by atoms with Crippen LogP contribution in [-0.4, -0.2) is 30.2 Å². The van der Waals surface area contributed by atoms with Crippen LogP contribution in [0.2, 0.25) is 0 Å². The van der Waals surface area contributed by atoms with E-state index in [1.807, 2.05) is 0 Å². The molecule has 0 spiro atoms. The first-order valence-electron chi connectivity index (χ1n) is 7.09. The highest BCUT2D eigenvalue weighted by Crippen LogP contribution is 2.34. The van der Waals surface area contributed by atoms with Crippen LogP contribution in [0.5, 0.6) is 5.75 Å². The van der Waals surface area contributed by atoms with E-state index in [0.29, 0.717) is 0 Å². The molecule has 7 heteroatoms. The number of ether oxygens (including phenoxy) is 2. The minimum absolute atomic E-state index is 0.0388. The van der Waals surface area contributed by atoms with Crippen molar-refractivity contribution in [1.82, 2.24) is 0 Å². The Morgan fingerprint density at radius 3 is 2.55 bits per heavy atom. The second kappa shape index (κ2) is 7.87. The molecular formula is C15H17BrO5S. The molecule has 0 unspecified atom stereocenters. The molecule has 1 aromatic heterocycles. The van der Waals surface area contributed by atoms with Crippen LogP contribution in [0.25, 0.3) is 0 Å². The Morgan fingerprint density at radius 1 is 1.27 bits per heavy atom. The van der Waals surface area contributed by atoms with E-state index in [1.165, 1.54) is 12.5 Å². The molecule has 1 aromatic rings. The Hall–Kier alpha value is -1.21. The van der Waals surface area contributed by atoms with Crippen LogP contribution >= 0.6 is 27.3 Å². The van der Waals surface area contributed by atoms with Gasteiger partial charge in [0.15, 0.2) is 11.5 Å². The molecule has 120 valence electrons. The lowest BCUT2D eigenvalue weighted by Crippen LogP contribution is -2.24. The van der Waals surface area contributed by atoms with Crippen LogP contribution in [0.3, 0.4) is 0 Å². The molecule has 0 bridgehead atoms. The van der Waals surface area contributed by atoms with Gasteiger partial charge in [-0.3, -0.25) is 9.59 Å². The highest BCUT2D eigenvalue weighted by atomic mass is 79.9. The average Bonchev–Trinajstić information content (AvgIpc) is 2.97. The zero-order valence-corrected chi connectivity index (χ0v) is 14.6. The maximum Gasteiger partial charge on any atom is 0.342 e. The first kappa shape index (κ1) is 17.1. The van der Waals surface area contributed by atoms with E-state index in [2.05, 4.69) is 20.7 Å². The Morgan fingerprint density at radius 2 is 1.95 bits per heavy atom. The number of halogens is 1. The van der Waals surface area contributed by atoms with Gasteiger partial charge in [-0.05, 0) is 12.8 Å². The molecular weight excluding hydrogens is 372 g/mol. The Kier molecular flexibility index (Phi) is 6.14. The summed E-state index contributed by atoms with van der Waals surface area (Å²) in [6.45, 7) is 0. The van der Waals surface area contributed by atoms with Gasteiger partial charge in [-0.2, -0.15) is 0 Å². The SMILES string of the molecule is COC(=O)c1csc(C(=O)CBr)c1OC(=O)C1CCCCC1. The predicted molar refractivity (Wildman–Crippen MR) is 86.0 cm³/mol. The summed E-state index contributed by atoms with van der Waals surface area (Å²) in [6, 6.07) is 0. The number of ketones is 1. The van der Waals surface area contributed by atoms with Crippen molar-refractivity contribution in [2.24, 2.45) is 5.92 Å². The smallest absolute Gasteiger partial charge is 0.342 e. The van der Waals surface area contributed by atoms with Crippen molar-refractivity contribution < 1.29 is 23.9 Å². The van der Waals surface area contributed by atoms with Crippen LogP contribution in [0, 0.1) is 5.92 Å². The van der Waals surface area contributed by atoms with E-state index in [4.69, 9.17) is 4.74 Å². The molecule has 0 saturated heterocycles. The van der Waals surface area contributed by atoms with Gasteiger partial charge in [0.1, 0.15) is 10.4 Å². The molecule has 2 rings (SSSR count). The predicted octanol–water partition coefficient (Wildman–Crippen LogP) is 3.60. The molecule has 0 radical (unpaired) electrons. The summed E-state index contributed by atoms with van der Waals surface area (Å²) in [5.41, 5.74) is 0.126. The highest BCUT2D eigenvalue weighted by Gasteiger charge is 2.29. The lowest BCUT2D eigenvalue weighted by Gasteiger charge is -2.20. The van der Waals surface area contributed by atoms with Gasteiger partial charge in [-0.1, -0.05) is 35.2 Å². The standard InChI is InChI=1S/C15H17BrO5S/c1-20-15(19)10-8-22-13(11(17)7-16)12(10)21-14(18)9-5-3-2-4-6-9/h8-9H,2-7H2,1H3.